The third-order valence-corrected chi connectivity index (χ3v) is 5.77. The van der Waals surface area contributed by atoms with E-state index in [0.29, 0.717) is 30.0 Å². The van der Waals surface area contributed by atoms with Gasteiger partial charge in [0.05, 0.1) is 31.3 Å². The van der Waals surface area contributed by atoms with Crippen LogP contribution in [0, 0.1) is 11.3 Å². The highest BCUT2D eigenvalue weighted by Gasteiger charge is 2.40. The summed E-state index contributed by atoms with van der Waals surface area (Å²) in [6, 6.07) is 17.3. The van der Waals surface area contributed by atoms with Crippen LogP contribution >= 0.6 is 0 Å². The molecule has 0 saturated heterocycles. The minimum atomic E-state index is -0.474. The van der Waals surface area contributed by atoms with E-state index >= 15 is 0 Å². The zero-order valence-corrected chi connectivity index (χ0v) is 17.7. The predicted octanol–water partition coefficient (Wildman–Crippen LogP) is 4.40. The third kappa shape index (κ3) is 3.64. The quantitative estimate of drug-likeness (QED) is 0.779. The van der Waals surface area contributed by atoms with E-state index in [-0.39, 0.29) is 5.78 Å². The summed E-state index contributed by atoms with van der Waals surface area (Å²) >= 11 is 0. The van der Waals surface area contributed by atoms with Gasteiger partial charge in [0.1, 0.15) is 17.3 Å². The van der Waals surface area contributed by atoms with E-state index in [0.717, 1.165) is 41.3 Å². The van der Waals surface area contributed by atoms with E-state index in [9.17, 15) is 10.1 Å². The lowest BCUT2D eigenvalue weighted by atomic mass is 9.75. The Kier molecular flexibility index (Phi) is 5.68. The maximum Gasteiger partial charge on any atom is 0.161 e. The number of rotatable bonds is 5. The lowest BCUT2D eigenvalue weighted by Gasteiger charge is -2.39. The fourth-order valence-electron chi connectivity index (χ4n) is 4.37. The number of anilines is 1. The minimum Gasteiger partial charge on any atom is -0.497 e. The van der Waals surface area contributed by atoms with Gasteiger partial charge in [0.25, 0.3) is 0 Å². The van der Waals surface area contributed by atoms with Crippen LogP contribution in [0.15, 0.2) is 71.2 Å². The van der Waals surface area contributed by atoms with Gasteiger partial charge < -0.3 is 15.2 Å². The molecule has 0 aromatic heterocycles. The van der Waals surface area contributed by atoms with Gasteiger partial charge in [0, 0.05) is 23.4 Å². The van der Waals surface area contributed by atoms with Gasteiger partial charge >= 0.3 is 0 Å². The summed E-state index contributed by atoms with van der Waals surface area (Å²) in [6.07, 6.45) is 1.96. The fraction of sp³-hybridized carbons (Fsp3) is 0.280. The summed E-state index contributed by atoms with van der Waals surface area (Å²) in [5.41, 5.74) is 10.2. The molecule has 2 aliphatic rings. The van der Waals surface area contributed by atoms with Crippen LogP contribution in [0.4, 0.5) is 5.69 Å². The van der Waals surface area contributed by atoms with Crippen LogP contribution in [0.3, 0.4) is 0 Å². The number of allylic oxidation sites excluding steroid dienone is 3. The van der Waals surface area contributed by atoms with E-state index in [2.05, 4.69) is 6.07 Å². The van der Waals surface area contributed by atoms with Gasteiger partial charge in [-0.1, -0.05) is 12.1 Å². The van der Waals surface area contributed by atoms with Gasteiger partial charge in [-0.25, -0.2) is 0 Å². The van der Waals surface area contributed by atoms with E-state index in [1.807, 2.05) is 60.4 Å². The number of Topliss-reactive ketones (excluding diaryl/α,β-unsaturated/α-hetero) is 1. The average molecular weight is 415 g/mol. The van der Waals surface area contributed by atoms with Crippen LogP contribution in [0.1, 0.15) is 37.7 Å². The zero-order chi connectivity index (χ0) is 22.0. The molecule has 2 aromatic carbocycles. The van der Waals surface area contributed by atoms with Crippen LogP contribution in [0.25, 0.3) is 0 Å². The molecule has 0 radical (unpaired) electrons. The van der Waals surface area contributed by atoms with Crippen molar-refractivity contribution in [3.63, 3.8) is 0 Å². The highest BCUT2D eigenvalue weighted by atomic mass is 16.5. The van der Waals surface area contributed by atoms with E-state index in [1.54, 1.807) is 7.11 Å². The molecule has 1 aliphatic carbocycles. The number of carbonyl (C=O) groups excluding carboxylic acids is 1. The molecule has 6 nitrogen and oxygen atoms in total. The molecule has 1 unspecified atom stereocenters. The van der Waals surface area contributed by atoms with Crippen molar-refractivity contribution in [2.75, 3.05) is 18.6 Å². The molecule has 2 N–H and O–H groups in total. The first-order valence-corrected chi connectivity index (χ1v) is 10.4. The zero-order valence-electron chi connectivity index (χ0n) is 17.7. The maximum atomic E-state index is 13.1. The van der Waals surface area contributed by atoms with Crippen molar-refractivity contribution in [1.82, 2.24) is 0 Å². The van der Waals surface area contributed by atoms with Gasteiger partial charge in [-0.15, -0.1) is 0 Å². The second-order valence-electron chi connectivity index (χ2n) is 7.52. The van der Waals surface area contributed by atoms with Gasteiger partial charge in [-0.05, 0) is 61.7 Å². The summed E-state index contributed by atoms with van der Waals surface area (Å²) < 4.78 is 10.8. The molecule has 1 heterocycles. The van der Waals surface area contributed by atoms with Crippen LogP contribution in [-0.2, 0) is 4.79 Å². The molecule has 2 aromatic rings. The Morgan fingerprint density at radius 3 is 2.39 bits per heavy atom. The number of ether oxygens (including phenoxy) is 2. The van der Waals surface area contributed by atoms with Crippen molar-refractivity contribution < 1.29 is 14.3 Å². The molecule has 0 amide bonds. The first kappa shape index (κ1) is 20.5. The van der Waals surface area contributed by atoms with E-state index < -0.39 is 5.92 Å². The summed E-state index contributed by atoms with van der Waals surface area (Å²) in [7, 11) is 1.61. The second kappa shape index (κ2) is 8.57. The Balaban J connectivity index is 1.86. The summed E-state index contributed by atoms with van der Waals surface area (Å²) in [5, 5.41) is 10.1. The number of hydrogen-bond donors (Lipinski definition) is 1. The molecule has 0 spiro atoms. The standard InChI is InChI=1S/C25H25N3O3/c1-3-31-19-11-7-16(8-12-19)23-20(15-26)25(27)28(17-9-13-18(30-2)14-10-17)21-5-4-6-22(29)24(21)23/h7-14,23H,3-6,27H2,1-2H3. The van der Waals surface area contributed by atoms with E-state index in [4.69, 9.17) is 15.2 Å². The Hall–Kier alpha value is -3.72. The third-order valence-electron chi connectivity index (χ3n) is 5.77. The van der Waals surface area contributed by atoms with Crippen LogP contribution in [0.5, 0.6) is 11.5 Å². The largest absolute Gasteiger partial charge is 0.497 e. The molecule has 1 aliphatic heterocycles. The van der Waals surface area contributed by atoms with Crippen molar-refractivity contribution in [2.24, 2.45) is 5.73 Å². The Bertz CT molecular complexity index is 1090. The lowest BCUT2D eigenvalue weighted by molar-refractivity contribution is -0.116. The smallest absolute Gasteiger partial charge is 0.161 e. The number of ketones is 1. The minimum absolute atomic E-state index is 0.0684. The predicted molar refractivity (Wildman–Crippen MR) is 119 cm³/mol. The molecule has 1 atom stereocenters. The van der Waals surface area contributed by atoms with Crippen molar-refractivity contribution in [2.45, 2.75) is 32.1 Å². The van der Waals surface area contributed by atoms with Crippen LogP contribution in [-0.4, -0.2) is 19.5 Å². The molecule has 0 saturated carbocycles. The topological polar surface area (TPSA) is 88.6 Å². The molecular formula is C25H25N3O3. The highest BCUT2D eigenvalue weighted by Crippen LogP contribution is 2.46. The number of nitrogens with two attached hydrogens (primary N) is 1. The van der Waals surface area contributed by atoms with Crippen LogP contribution < -0.4 is 20.1 Å². The monoisotopic (exact) mass is 415 g/mol. The molecule has 6 heteroatoms. The molecular weight excluding hydrogens is 390 g/mol. The molecule has 0 bridgehead atoms. The number of carbonyl (C=O) groups is 1. The second-order valence-corrected chi connectivity index (χ2v) is 7.52. The normalized spacial score (nSPS) is 18.5. The number of methoxy groups -OCH3 is 1. The van der Waals surface area contributed by atoms with E-state index in [1.165, 1.54) is 0 Å². The van der Waals surface area contributed by atoms with Crippen LogP contribution in [0.2, 0.25) is 0 Å². The SMILES string of the molecule is CCOc1ccc(C2C(C#N)=C(N)N(c3ccc(OC)cc3)C3=C2C(=O)CCC3)cc1. The van der Waals surface area contributed by atoms with Gasteiger partial charge in [0.15, 0.2) is 5.78 Å². The first-order chi connectivity index (χ1) is 15.1. The van der Waals surface area contributed by atoms with Gasteiger partial charge in [0.2, 0.25) is 0 Å². The number of benzene rings is 2. The first-order valence-electron chi connectivity index (χ1n) is 10.4. The number of hydrogen-bond acceptors (Lipinski definition) is 6. The summed E-state index contributed by atoms with van der Waals surface area (Å²) in [6.45, 7) is 2.50. The van der Waals surface area contributed by atoms with Gasteiger partial charge in [-0.3, -0.25) is 9.69 Å². The summed E-state index contributed by atoms with van der Waals surface area (Å²) in [5.74, 6) is 1.43. The van der Waals surface area contributed by atoms with Crippen molar-refractivity contribution >= 4 is 11.5 Å². The molecule has 4 rings (SSSR count). The molecule has 0 fully saturated rings. The van der Waals surface area contributed by atoms with Crippen molar-refractivity contribution in [1.29, 1.82) is 5.26 Å². The van der Waals surface area contributed by atoms with Crippen molar-refractivity contribution in [3.8, 4) is 17.6 Å². The maximum absolute atomic E-state index is 13.1. The highest BCUT2D eigenvalue weighted by molar-refractivity contribution is 6.01. The number of nitriles is 1. The van der Waals surface area contributed by atoms with Crippen molar-refractivity contribution in [3.05, 3.63) is 76.8 Å². The lowest BCUT2D eigenvalue weighted by Crippen LogP contribution is -2.38. The number of nitrogens with zero attached hydrogens (tertiary/aromatic N) is 2. The fourth-order valence-corrected chi connectivity index (χ4v) is 4.37. The summed E-state index contributed by atoms with van der Waals surface area (Å²) in [4.78, 5) is 15.0. The Morgan fingerprint density at radius 1 is 1.10 bits per heavy atom. The van der Waals surface area contributed by atoms with Gasteiger partial charge in [-0.2, -0.15) is 5.26 Å². The average Bonchev–Trinajstić information content (AvgIpc) is 2.79. The Labute approximate surface area is 182 Å². The Morgan fingerprint density at radius 2 is 1.77 bits per heavy atom. The molecule has 158 valence electrons. The molecule has 31 heavy (non-hydrogen) atoms.